The average molecular weight is 626 g/mol. The van der Waals surface area contributed by atoms with Crippen molar-refractivity contribution < 1.29 is 4.42 Å². The maximum Gasteiger partial charge on any atom is 0.164 e. The molecule has 4 nitrogen and oxygen atoms in total. The van der Waals surface area contributed by atoms with Crippen molar-refractivity contribution in [3.05, 3.63) is 164 Å². The molecule has 0 aliphatic carbocycles. The third-order valence-electron chi connectivity index (χ3n) is 9.49. The Morgan fingerprint density at radius 1 is 0.265 bits per heavy atom. The molecule has 0 aliphatic heterocycles. The molecule has 0 amide bonds. The first kappa shape index (κ1) is 27.5. The molecule has 0 N–H and O–H groups in total. The van der Waals surface area contributed by atoms with Gasteiger partial charge in [0.05, 0.1) is 0 Å². The summed E-state index contributed by atoms with van der Waals surface area (Å²) in [6.07, 6.45) is 0. The molecule has 0 atom stereocenters. The van der Waals surface area contributed by atoms with Gasteiger partial charge in [-0.2, -0.15) is 0 Å². The molecule has 0 unspecified atom stereocenters. The molecule has 0 saturated carbocycles. The summed E-state index contributed by atoms with van der Waals surface area (Å²) in [6.45, 7) is 0. The van der Waals surface area contributed by atoms with E-state index in [2.05, 4.69) is 97.1 Å². The van der Waals surface area contributed by atoms with Crippen LogP contribution in [0.1, 0.15) is 0 Å². The van der Waals surface area contributed by atoms with Gasteiger partial charge in [-0.15, -0.1) is 0 Å². The molecule has 0 saturated heterocycles. The van der Waals surface area contributed by atoms with Crippen LogP contribution < -0.4 is 0 Å². The lowest BCUT2D eigenvalue weighted by Crippen LogP contribution is -2.00. The highest BCUT2D eigenvalue weighted by Gasteiger charge is 2.17. The fraction of sp³-hybridized carbons (Fsp3) is 0. The smallest absolute Gasteiger partial charge is 0.164 e. The second-order valence-electron chi connectivity index (χ2n) is 12.4. The standard InChI is InChI=1S/C45H27N3O/c1-4-12-28(13-5-1)31-20-23-36-40-26-38-34-19-11-10-18-33(34)37-24-32(21-22-35(37)39(38)27-42(40)49-41(36)25-31)45-47-43(29-14-6-2-7-15-29)46-44(48-45)30-16-8-3-9-17-30/h1-27H. The zero-order valence-corrected chi connectivity index (χ0v) is 26.3. The minimum atomic E-state index is 0.640. The highest BCUT2D eigenvalue weighted by Crippen LogP contribution is 2.41. The van der Waals surface area contributed by atoms with Crippen LogP contribution in [-0.2, 0) is 0 Å². The van der Waals surface area contributed by atoms with Crippen molar-refractivity contribution in [2.24, 2.45) is 0 Å². The van der Waals surface area contributed by atoms with E-state index in [0.29, 0.717) is 17.5 Å². The number of rotatable bonds is 4. The van der Waals surface area contributed by atoms with Crippen LogP contribution in [0.2, 0.25) is 0 Å². The van der Waals surface area contributed by atoms with Gasteiger partial charge in [-0.25, -0.2) is 15.0 Å². The van der Waals surface area contributed by atoms with Crippen LogP contribution in [0.3, 0.4) is 0 Å². The van der Waals surface area contributed by atoms with Gasteiger partial charge in [-0.1, -0.05) is 133 Å². The molecule has 0 fully saturated rings. The van der Waals surface area contributed by atoms with Gasteiger partial charge in [0, 0.05) is 27.5 Å². The zero-order valence-electron chi connectivity index (χ0n) is 26.3. The maximum absolute atomic E-state index is 6.56. The number of hydrogen-bond donors (Lipinski definition) is 0. The Bertz CT molecular complexity index is 2800. The maximum atomic E-state index is 6.56. The van der Waals surface area contributed by atoms with E-state index in [0.717, 1.165) is 60.4 Å². The molecule has 49 heavy (non-hydrogen) atoms. The first-order valence-corrected chi connectivity index (χ1v) is 16.4. The van der Waals surface area contributed by atoms with Crippen molar-refractivity contribution in [1.29, 1.82) is 0 Å². The van der Waals surface area contributed by atoms with Crippen LogP contribution >= 0.6 is 0 Å². The number of nitrogens with zero attached hydrogens (tertiary/aromatic N) is 3. The second-order valence-corrected chi connectivity index (χ2v) is 12.4. The lowest BCUT2D eigenvalue weighted by Gasteiger charge is -2.13. The monoisotopic (exact) mass is 625 g/mol. The Morgan fingerprint density at radius 3 is 1.35 bits per heavy atom. The average Bonchev–Trinajstić information content (AvgIpc) is 3.55. The van der Waals surface area contributed by atoms with Crippen molar-refractivity contribution in [2.45, 2.75) is 0 Å². The van der Waals surface area contributed by atoms with Gasteiger partial charge < -0.3 is 4.42 Å². The van der Waals surface area contributed by atoms with E-state index >= 15 is 0 Å². The topological polar surface area (TPSA) is 51.8 Å². The van der Waals surface area contributed by atoms with Crippen molar-refractivity contribution in [3.63, 3.8) is 0 Å². The van der Waals surface area contributed by atoms with Gasteiger partial charge in [-0.05, 0) is 73.8 Å². The Kier molecular flexibility index (Phi) is 6.15. The fourth-order valence-corrected chi connectivity index (χ4v) is 7.11. The summed E-state index contributed by atoms with van der Waals surface area (Å²) in [5.41, 5.74) is 6.92. The predicted octanol–water partition coefficient (Wildman–Crippen LogP) is 11.9. The summed E-state index contributed by atoms with van der Waals surface area (Å²) >= 11 is 0. The Hall–Kier alpha value is -6.65. The molecule has 0 bridgehead atoms. The largest absolute Gasteiger partial charge is 0.456 e. The summed E-state index contributed by atoms with van der Waals surface area (Å²) < 4.78 is 6.56. The number of hydrogen-bond acceptors (Lipinski definition) is 4. The predicted molar refractivity (Wildman–Crippen MR) is 201 cm³/mol. The van der Waals surface area contributed by atoms with Crippen molar-refractivity contribution in [3.8, 4) is 45.3 Å². The Morgan fingerprint density at radius 2 is 0.714 bits per heavy atom. The van der Waals surface area contributed by atoms with Crippen molar-refractivity contribution in [2.75, 3.05) is 0 Å². The van der Waals surface area contributed by atoms with E-state index < -0.39 is 0 Å². The highest BCUT2D eigenvalue weighted by atomic mass is 16.3. The van der Waals surface area contributed by atoms with E-state index in [1.165, 1.54) is 21.7 Å². The summed E-state index contributed by atoms with van der Waals surface area (Å²) in [7, 11) is 0. The number of fused-ring (bicyclic) bond motifs is 9. The molecule has 0 spiro atoms. The minimum Gasteiger partial charge on any atom is -0.456 e. The number of aromatic nitrogens is 3. The summed E-state index contributed by atoms with van der Waals surface area (Å²) in [6, 6.07) is 56.9. The van der Waals surface area contributed by atoms with E-state index in [-0.39, 0.29) is 0 Å². The van der Waals surface area contributed by atoms with Crippen LogP contribution in [0.5, 0.6) is 0 Å². The SMILES string of the molecule is c1ccc(-c2ccc3c(c2)oc2cc4c5ccc(-c6nc(-c7ccccc7)nc(-c7ccccc7)n6)cc5c5ccccc5c4cc23)cc1. The summed E-state index contributed by atoms with van der Waals surface area (Å²) in [4.78, 5) is 14.9. The van der Waals surface area contributed by atoms with Crippen LogP contribution in [0.15, 0.2) is 168 Å². The van der Waals surface area contributed by atoms with Gasteiger partial charge >= 0.3 is 0 Å². The van der Waals surface area contributed by atoms with Gasteiger partial charge in [0.2, 0.25) is 0 Å². The van der Waals surface area contributed by atoms with Gasteiger partial charge in [0.15, 0.2) is 17.5 Å². The van der Waals surface area contributed by atoms with E-state index in [4.69, 9.17) is 19.4 Å². The van der Waals surface area contributed by atoms with Crippen molar-refractivity contribution >= 4 is 54.3 Å². The first-order chi connectivity index (χ1) is 24.3. The Balaban J connectivity index is 1.19. The van der Waals surface area contributed by atoms with Crippen LogP contribution in [0.4, 0.5) is 0 Å². The Labute approximate surface area is 282 Å². The molecule has 10 rings (SSSR count). The molecule has 8 aromatic carbocycles. The zero-order chi connectivity index (χ0) is 32.3. The number of benzene rings is 8. The second kappa shape index (κ2) is 11.0. The quantitative estimate of drug-likeness (QED) is 0.183. The first-order valence-electron chi connectivity index (χ1n) is 16.4. The fourth-order valence-electron chi connectivity index (χ4n) is 7.11. The van der Waals surface area contributed by atoms with Crippen LogP contribution in [-0.4, -0.2) is 15.0 Å². The van der Waals surface area contributed by atoms with Crippen LogP contribution in [0, 0.1) is 0 Å². The summed E-state index contributed by atoms with van der Waals surface area (Å²) in [5.74, 6) is 1.94. The van der Waals surface area contributed by atoms with E-state index in [1.807, 2.05) is 66.7 Å². The molecule has 2 aromatic heterocycles. The third kappa shape index (κ3) is 4.57. The highest BCUT2D eigenvalue weighted by molar-refractivity contribution is 6.28. The molecule has 0 radical (unpaired) electrons. The number of furan rings is 1. The van der Waals surface area contributed by atoms with E-state index in [9.17, 15) is 0 Å². The molecule has 2 heterocycles. The van der Waals surface area contributed by atoms with Gasteiger partial charge in [0.1, 0.15) is 11.2 Å². The lowest BCUT2D eigenvalue weighted by molar-refractivity contribution is 0.669. The minimum absolute atomic E-state index is 0.640. The van der Waals surface area contributed by atoms with Crippen LogP contribution in [0.25, 0.3) is 99.5 Å². The van der Waals surface area contributed by atoms with E-state index in [1.54, 1.807) is 0 Å². The molecule has 0 aliphatic rings. The molecule has 228 valence electrons. The molecule has 10 aromatic rings. The van der Waals surface area contributed by atoms with Crippen molar-refractivity contribution in [1.82, 2.24) is 15.0 Å². The van der Waals surface area contributed by atoms with Gasteiger partial charge in [0.25, 0.3) is 0 Å². The van der Waals surface area contributed by atoms with Gasteiger partial charge in [-0.3, -0.25) is 0 Å². The normalized spacial score (nSPS) is 11.7. The summed E-state index contributed by atoms with van der Waals surface area (Å²) in [5, 5.41) is 9.29. The molecular weight excluding hydrogens is 599 g/mol. The third-order valence-corrected chi connectivity index (χ3v) is 9.49. The lowest BCUT2D eigenvalue weighted by atomic mass is 9.92. The molecule has 4 heteroatoms. The molecular formula is C45H27N3O.